The van der Waals surface area contributed by atoms with E-state index in [9.17, 15) is 9.59 Å². The van der Waals surface area contributed by atoms with E-state index in [1.807, 2.05) is 39.7 Å². The molecule has 4 unspecified atom stereocenters. The van der Waals surface area contributed by atoms with Crippen LogP contribution in [0.25, 0.3) is 5.69 Å². The third-order valence-corrected chi connectivity index (χ3v) is 7.27. The van der Waals surface area contributed by atoms with Crippen molar-refractivity contribution < 1.29 is 0 Å². The SMILES string of the molecule is O=c1n(-c2ccccc2)c(=O)n2n1C1C3C4C5C3C2C5C41. The monoisotopic (exact) mass is 279 g/mol. The molecule has 0 amide bonds. The highest BCUT2D eigenvalue weighted by molar-refractivity contribution is 5.38. The molecular formula is C16H13N3O2. The van der Waals surface area contributed by atoms with Crippen molar-refractivity contribution in [3.05, 3.63) is 51.3 Å². The molecule has 0 radical (unpaired) electrons. The van der Waals surface area contributed by atoms with Gasteiger partial charge in [-0.3, -0.25) is 0 Å². The molecule has 1 aromatic carbocycles. The van der Waals surface area contributed by atoms with Gasteiger partial charge < -0.3 is 0 Å². The topological polar surface area (TPSA) is 48.9 Å². The predicted octanol–water partition coefficient (Wildman–Crippen LogP) is 0.648. The lowest BCUT2D eigenvalue weighted by Crippen LogP contribution is -2.91. The van der Waals surface area contributed by atoms with Gasteiger partial charge in [-0.05, 0) is 47.6 Å². The Hall–Kier alpha value is -2.04. The van der Waals surface area contributed by atoms with E-state index in [4.69, 9.17) is 0 Å². The van der Waals surface area contributed by atoms with Crippen LogP contribution >= 0.6 is 0 Å². The van der Waals surface area contributed by atoms with E-state index in [0.29, 0.717) is 41.4 Å². The van der Waals surface area contributed by atoms with Crippen molar-refractivity contribution in [2.24, 2.45) is 35.5 Å². The highest BCUT2D eigenvalue weighted by Gasteiger charge is 2.90. The predicted molar refractivity (Wildman–Crippen MR) is 73.3 cm³/mol. The Labute approximate surface area is 119 Å². The minimum atomic E-state index is -0.132. The second-order valence-corrected chi connectivity index (χ2v) is 7.37. The molecule has 4 atom stereocenters. The maximum atomic E-state index is 12.8. The fraction of sp³-hybridized carbons (Fsp3) is 0.500. The second-order valence-electron chi connectivity index (χ2n) is 7.37. The molecule has 4 saturated carbocycles. The molecule has 104 valence electrons. The summed E-state index contributed by atoms with van der Waals surface area (Å²) >= 11 is 0. The van der Waals surface area contributed by atoms with Crippen molar-refractivity contribution in [2.75, 3.05) is 0 Å². The summed E-state index contributed by atoms with van der Waals surface area (Å²) in [5, 5.41) is 0. The first-order valence-electron chi connectivity index (χ1n) is 7.82. The third-order valence-electron chi connectivity index (χ3n) is 7.27. The summed E-state index contributed by atoms with van der Waals surface area (Å²) in [5.74, 6) is 4.63. The zero-order valence-electron chi connectivity index (χ0n) is 11.2. The van der Waals surface area contributed by atoms with Gasteiger partial charge in [0.15, 0.2) is 0 Å². The molecule has 0 spiro atoms. The molecule has 8 rings (SSSR count). The summed E-state index contributed by atoms with van der Waals surface area (Å²) in [4.78, 5) is 25.7. The summed E-state index contributed by atoms with van der Waals surface area (Å²) in [6, 6.07) is 9.97. The van der Waals surface area contributed by atoms with Gasteiger partial charge in [0.1, 0.15) is 0 Å². The van der Waals surface area contributed by atoms with E-state index in [1.54, 1.807) is 0 Å². The van der Waals surface area contributed by atoms with Gasteiger partial charge >= 0.3 is 11.4 Å². The molecule has 21 heavy (non-hydrogen) atoms. The number of nitrogens with zero attached hydrogens (tertiary/aromatic N) is 3. The Morgan fingerprint density at radius 3 is 1.62 bits per heavy atom. The minimum Gasteiger partial charge on any atom is -0.245 e. The number of aromatic nitrogens is 3. The molecule has 6 aliphatic rings. The zero-order valence-corrected chi connectivity index (χ0v) is 11.2. The molecular weight excluding hydrogens is 266 g/mol. The van der Waals surface area contributed by atoms with Crippen molar-refractivity contribution in [1.29, 1.82) is 0 Å². The third kappa shape index (κ3) is 0.681. The first-order chi connectivity index (χ1) is 10.3. The van der Waals surface area contributed by atoms with Crippen LogP contribution in [0, 0.1) is 35.5 Å². The lowest BCUT2D eigenvalue weighted by atomic mass is 9.16. The normalized spacial score (nSPS) is 48.4. The number of hydrogen-bond acceptors (Lipinski definition) is 2. The average Bonchev–Trinajstić information content (AvgIpc) is 2.71. The molecule has 2 aliphatic heterocycles. The van der Waals surface area contributed by atoms with Crippen LogP contribution < -0.4 is 11.4 Å². The molecule has 2 aromatic rings. The van der Waals surface area contributed by atoms with Gasteiger partial charge in [-0.15, -0.1) is 0 Å². The van der Waals surface area contributed by atoms with Crippen molar-refractivity contribution in [1.82, 2.24) is 13.9 Å². The van der Waals surface area contributed by atoms with E-state index in [2.05, 4.69) is 0 Å². The van der Waals surface area contributed by atoms with Crippen molar-refractivity contribution >= 4 is 0 Å². The number of hydrogen-bond donors (Lipinski definition) is 0. The summed E-state index contributed by atoms with van der Waals surface area (Å²) < 4.78 is 4.99. The van der Waals surface area contributed by atoms with Gasteiger partial charge in [0.05, 0.1) is 17.8 Å². The van der Waals surface area contributed by atoms with E-state index in [0.717, 1.165) is 11.8 Å². The van der Waals surface area contributed by atoms with Crippen LogP contribution in [-0.4, -0.2) is 13.9 Å². The molecule has 2 bridgehead atoms. The standard InChI is InChI=1S/C16H13N3O2/c20-15-17(6-4-2-1-3-5-6)16(21)19-14-11-8-7-9(11)13(18(15)19)10(7)12(8)14/h1-5,7-14H. The highest BCUT2D eigenvalue weighted by atomic mass is 16.2. The maximum absolute atomic E-state index is 12.8. The summed E-state index contributed by atoms with van der Waals surface area (Å²) in [7, 11) is 0. The van der Waals surface area contributed by atoms with E-state index in [-0.39, 0.29) is 11.4 Å². The number of para-hydroxylation sites is 1. The van der Waals surface area contributed by atoms with E-state index in [1.165, 1.54) is 4.57 Å². The van der Waals surface area contributed by atoms with Crippen LogP contribution in [0.4, 0.5) is 0 Å². The summed E-state index contributed by atoms with van der Waals surface area (Å²) in [5.41, 5.74) is 0.426. The lowest BCUT2D eigenvalue weighted by molar-refractivity contribution is -0.450. The molecule has 4 aliphatic carbocycles. The van der Waals surface area contributed by atoms with Crippen LogP contribution in [0.5, 0.6) is 0 Å². The molecule has 3 heterocycles. The van der Waals surface area contributed by atoms with Crippen LogP contribution in [0.1, 0.15) is 12.1 Å². The van der Waals surface area contributed by atoms with Gasteiger partial charge in [0.2, 0.25) is 0 Å². The first kappa shape index (κ1) is 9.82. The lowest BCUT2D eigenvalue weighted by Gasteiger charge is -2.91. The fourth-order valence-corrected chi connectivity index (χ4v) is 6.78. The smallest absolute Gasteiger partial charge is 0.245 e. The van der Waals surface area contributed by atoms with Gasteiger partial charge in [-0.1, -0.05) is 18.2 Å². The van der Waals surface area contributed by atoms with Gasteiger partial charge in [-0.2, -0.15) is 0 Å². The molecule has 0 N–H and O–H groups in total. The fourth-order valence-electron chi connectivity index (χ4n) is 6.78. The van der Waals surface area contributed by atoms with E-state index >= 15 is 0 Å². The molecule has 5 heteroatoms. The van der Waals surface area contributed by atoms with Crippen LogP contribution in [0.15, 0.2) is 39.9 Å². The summed E-state index contributed by atoms with van der Waals surface area (Å²) in [6.07, 6.45) is 0. The Balaban J connectivity index is 1.57. The van der Waals surface area contributed by atoms with Crippen molar-refractivity contribution in [3.63, 3.8) is 0 Å². The highest BCUT2D eigenvalue weighted by Crippen LogP contribution is 2.91. The Morgan fingerprint density at radius 1 is 0.667 bits per heavy atom. The molecule has 0 saturated heterocycles. The van der Waals surface area contributed by atoms with Crippen molar-refractivity contribution in [3.8, 4) is 5.69 Å². The molecule has 4 fully saturated rings. The number of benzene rings is 1. The maximum Gasteiger partial charge on any atom is 0.352 e. The summed E-state index contributed by atoms with van der Waals surface area (Å²) in [6.45, 7) is 0. The molecule has 5 nitrogen and oxygen atoms in total. The van der Waals surface area contributed by atoms with Crippen LogP contribution in [-0.2, 0) is 0 Å². The van der Waals surface area contributed by atoms with Crippen molar-refractivity contribution in [2.45, 2.75) is 12.1 Å². The quantitative estimate of drug-likeness (QED) is 0.769. The molecule has 1 aromatic heterocycles. The largest absolute Gasteiger partial charge is 0.352 e. The van der Waals surface area contributed by atoms with Crippen LogP contribution in [0.2, 0.25) is 0 Å². The second kappa shape index (κ2) is 2.56. The Kier molecular flexibility index (Phi) is 1.19. The van der Waals surface area contributed by atoms with Gasteiger partial charge in [-0.25, -0.2) is 23.5 Å². The zero-order chi connectivity index (χ0) is 13.6. The van der Waals surface area contributed by atoms with Crippen LogP contribution in [0.3, 0.4) is 0 Å². The average molecular weight is 279 g/mol. The first-order valence-corrected chi connectivity index (χ1v) is 7.82. The van der Waals surface area contributed by atoms with Gasteiger partial charge in [0.25, 0.3) is 0 Å². The van der Waals surface area contributed by atoms with E-state index < -0.39 is 0 Å². The van der Waals surface area contributed by atoms with Gasteiger partial charge in [0, 0.05) is 0 Å². The minimum absolute atomic E-state index is 0.132. The Morgan fingerprint density at radius 2 is 1.14 bits per heavy atom. The Bertz CT molecular complexity index is 875. The number of rotatable bonds is 1.